The summed E-state index contributed by atoms with van der Waals surface area (Å²) in [4.78, 5) is 4.05. The molecule has 0 aromatic heterocycles. The van der Waals surface area contributed by atoms with E-state index in [-0.39, 0.29) is 0 Å². The van der Waals surface area contributed by atoms with E-state index in [2.05, 4.69) is 62.4 Å². The molecule has 1 aromatic carbocycles. The second-order valence-electron chi connectivity index (χ2n) is 2.99. The molecule has 0 unspecified atom stereocenters. The number of aliphatic imine (C=N–C) groups is 1. The van der Waals surface area contributed by atoms with Crippen molar-refractivity contribution in [2.75, 3.05) is 12.8 Å². The van der Waals surface area contributed by atoms with Gasteiger partial charge in [0, 0.05) is 16.4 Å². The van der Waals surface area contributed by atoms with Gasteiger partial charge in [0.1, 0.15) is 0 Å². The third-order valence-corrected chi connectivity index (χ3v) is 3.70. The van der Waals surface area contributed by atoms with E-state index in [1.54, 1.807) is 18.8 Å². The Balaban J connectivity index is 2.19. The van der Waals surface area contributed by atoms with Crippen molar-refractivity contribution in [3.05, 3.63) is 33.4 Å². The van der Waals surface area contributed by atoms with Gasteiger partial charge in [0.15, 0.2) is 5.17 Å². The van der Waals surface area contributed by atoms with Gasteiger partial charge in [-0.25, -0.2) is 0 Å². The number of hydrogen-bond acceptors (Lipinski definition) is 3. The number of nitrogens with zero attached hydrogens (tertiary/aromatic N) is 2. The predicted octanol–water partition coefficient (Wildman–Crippen LogP) is 2.32. The number of hydrogen-bond donors (Lipinski definition) is 1. The first kappa shape index (κ1) is 10.9. The summed E-state index contributed by atoms with van der Waals surface area (Å²) in [6, 6.07) is 8.37. The first-order valence-corrected chi connectivity index (χ1v) is 6.54. The number of thioether (sulfide) groups is 1. The minimum Gasteiger partial charge on any atom is -0.265 e. The van der Waals surface area contributed by atoms with E-state index in [1.165, 1.54) is 9.13 Å². The van der Waals surface area contributed by atoms with E-state index >= 15 is 0 Å². The first-order valence-electron chi connectivity index (χ1n) is 4.47. The highest BCUT2D eigenvalue weighted by molar-refractivity contribution is 14.1. The van der Waals surface area contributed by atoms with Crippen LogP contribution in [-0.2, 0) is 0 Å². The van der Waals surface area contributed by atoms with Crippen LogP contribution in [0.4, 0.5) is 0 Å². The Bertz CT molecular complexity index is 411. The maximum Gasteiger partial charge on any atom is 0.177 e. The van der Waals surface area contributed by atoms with Crippen molar-refractivity contribution in [2.45, 2.75) is 0 Å². The molecule has 2 rings (SSSR count). The van der Waals surface area contributed by atoms with Crippen LogP contribution in [0.15, 0.2) is 34.4 Å². The summed E-state index contributed by atoms with van der Waals surface area (Å²) in [5.74, 6) is 0.875. The van der Waals surface area contributed by atoms with Gasteiger partial charge < -0.3 is 0 Å². The van der Waals surface area contributed by atoms with Crippen LogP contribution in [-0.4, -0.2) is 23.7 Å². The maximum atomic E-state index is 4.29. The zero-order valence-electron chi connectivity index (χ0n) is 8.20. The van der Waals surface area contributed by atoms with Gasteiger partial charge in [0.05, 0.1) is 5.71 Å². The van der Waals surface area contributed by atoms with Crippen molar-refractivity contribution in [3.63, 3.8) is 0 Å². The molecule has 0 bridgehead atoms. The quantitative estimate of drug-likeness (QED) is 0.802. The van der Waals surface area contributed by atoms with Gasteiger partial charge in [-0.2, -0.15) is 5.10 Å². The predicted molar refractivity (Wildman–Crippen MR) is 74.6 cm³/mol. The van der Waals surface area contributed by atoms with Crippen molar-refractivity contribution in [2.24, 2.45) is 10.1 Å². The molecule has 0 radical (unpaired) electrons. The number of amidine groups is 1. The Kier molecular flexibility index (Phi) is 3.63. The third-order valence-electron chi connectivity index (χ3n) is 2.01. The van der Waals surface area contributed by atoms with Crippen molar-refractivity contribution >= 4 is 45.2 Å². The highest BCUT2D eigenvalue weighted by Gasteiger charge is 2.11. The number of nitrogens with one attached hydrogen (secondary N) is 1. The van der Waals surface area contributed by atoms with Gasteiger partial charge in [0.2, 0.25) is 0 Å². The monoisotopic (exact) mass is 331 g/mol. The summed E-state index contributed by atoms with van der Waals surface area (Å²) in [5.41, 5.74) is 5.18. The number of hydrazone groups is 1. The van der Waals surface area contributed by atoms with Gasteiger partial charge in [-0.15, -0.1) is 0 Å². The molecule has 1 aliphatic rings. The number of halogens is 1. The minimum atomic E-state index is 0.875. The lowest BCUT2D eigenvalue weighted by molar-refractivity contribution is 1.03. The Hall–Kier alpha value is -0.560. The summed E-state index contributed by atoms with van der Waals surface area (Å²) in [5, 5.41) is 5.17. The van der Waals surface area contributed by atoms with Crippen LogP contribution in [0.3, 0.4) is 0 Å². The van der Waals surface area contributed by atoms with Crippen LogP contribution < -0.4 is 5.43 Å². The average molecular weight is 331 g/mol. The molecule has 0 aliphatic carbocycles. The SMILES string of the molecule is CN=C1NN=C(c2ccc(I)cc2)CS1. The number of benzene rings is 1. The van der Waals surface area contributed by atoms with Crippen molar-refractivity contribution in [3.8, 4) is 0 Å². The normalized spacial score (nSPS) is 18.5. The molecule has 1 N–H and O–H groups in total. The van der Waals surface area contributed by atoms with Gasteiger partial charge in [-0.05, 0) is 40.3 Å². The summed E-state index contributed by atoms with van der Waals surface area (Å²) >= 11 is 3.97. The topological polar surface area (TPSA) is 36.8 Å². The van der Waals surface area contributed by atoms with E-state index in [0.29, 0.717) is 0 Å². The van der Waals surface area contributed by atoms with Crippen LogP contribution >= 0.6 is 34.4 Å². The van der Waals surface area contributed by atoms with E-state index in [4.69, 9.17) is 0 Å². The van der Waals surface area contributed by atoms with Crippen LogP contribution in [0.25, 0.3) is 0 Å². The third kappa shape index (κ3) is 2.72. The fourth-order valence-corrected chi connectivity index (χ4v) is 2.32. The Morgan fingerprint density at radius 1 is 1.40 bits per heavy atom. The van der Waals surface area contributed by atoms with E-state index in [0.717, 1.165) is 16.6 Å². The molecule has 15 heavy (non-hydrogen) atoms. The van der Waals surface area contributed by atoms with Crippen LogP contribution in [0.2, 0.25) is 0 Å². The van der Waals surface area contributed by atoms with E-state index in [1.807, 2.05) is 0 Å². The molecular formula is C10H10IN3S. The van der Waals surface area contributed by atoms with E-state index < -0.39 is 0 Å². The lowest BCUT2D eigenvalue weighted by atomic mass is 10.1. The van der Waals surface area contributed by atoms with Crippen molar-refractivity contribution in [1.29, 1.82) is 0 Å². The maximum absolute atomic E-state index is 4.29. The van der Waals surface area contributed by atoms with Gasteiger partial charge in [-0.3, -0.25) is 10.4 Å². The van der Waals surface area contributed by atoms with Crippen LogP contribution in [0.5, 0.6) is 0 Å². The Morgan fingerprint density at radius 3 is 2.67 bits per heavy atom. The summed E-state index contributed by atoms with van der Waals surface area (Å²) in [6.45, 7) is 0. The standard InChI is InChI=1S/C10H10IN3S/c1-12-10-14-13-9(6-15-10)7-2-4-8(11)5-3-7/h2-5H,6H2,1H3,(H,12,14). The molecule has 0 amide bonds. The zero-order valence-corrected chi connectivity index (χ0v) is 11.2. The minimum absolute atomic E-state index is 0.875. The lowest BCUT2D eigenvalue weighted by Crippen LogP contribution is -2.25. The largest absolute Gasteiger partial charge is 0.265 e. The van der Waals surface area contributed by atoms with Crippen LogP contribution in [0.1, 0.15) is 5.56 Å². The molecule has 1 aliphatic heterocycles. The summed E-state index contributed by atoms with van der Waals surface area (Å²) < 4.78 is 1.24. The Morgan fingerprint density at radius 2 is 2.13 bits per heavy atom. The van der Waals surface area contributed by atoms with Crippen molar-refractivity contribution in [1.82, 2.24) is 5.43 Å². The molecule has 0 saturated heterocycles. The molecule has 1 aromatic rings. The highest BCUT2D eigenvalue weighted by Crippen LogP contribution is 2.14. The molecule has 0 atom stereocenters. The molecule has 78 valence electrons. The molecule has 0 fully saturated rings. The molecule has 0 saturated carbocycles. The smallest absolute Gasteiger partial charge is 0.177 e. The molecule has 5 heteroatoms. The van der Waals surface area contributed by atoms with Gasteiger partial charge in [-0.1, -0.05) is 23.9 Å². The van der Waals surface area contributed by atoms with E-state index in [9.17, 15) is 0 Å². The van der Waals surface area contributed by atoms with Crippen molar-refractivity contribution < 1.29 is 0 Å². The molecule has 0 spiro atoms. The first-order chi connectivity index (χ1) is 7.29. The average Bonchev–Trinajstić information content (AvgIpc) is 2.30. The second-order valence-corrected chi connectivity index (χ2v) is 5.20. The number of rotatable bonds is 1. The summed E-state index contributed by atoms with van der Waals surface area (Å²) in [6.07, 6.45) is 0. The molecule has 3 nitrogen and oxygen atoms in total. The second kappa shape index (κ2) is 4.98. The highest BCUT2D eigenvalue weighted by atomic mass is 127. The van der Waals surface area contributed by atoms with Crippen LogP contribution in [0, 0.1) is 3.57 Å². The van der Waals surface area contributed by atoms with Gasteiger partial charge in [0.25, 0.3) is 0 Å². The summed E-state index contributed by atoms with van der Waals surface area (Å²) in [7, 11) is 1.76. The zero-order chi connectivity index (χ0) is 10.7. The fraction of sp³-hybridized carbons (Fsp3) is 0.200. The van der Waals surface area contributed by atoms with Gasteiger partial charge >= 0.3 is 0 Å². The Labute approximate surface area is 107 Å². The molecule has 1 heterocycles. The molecular weight excluding hydrogens is 321 g/mol. The fourth-order valence-electron chi connectivity index (χ4n) is 1.22. The lowest BCUT2D eigenvalue weighted by Gasteiger charge is -2.14.